The molecule has 2 aromatic rings. The Morgan fingerprint density at radius 2 is 1.67 bits per heavy atom. The Labute approximate surface area is 161 Å². The molecule has 0 radical (unpaired) electrons. The molecule has 2 aromatic carbocycles. The molecule has 146 valence electrons. The van der Waals surface area contributed by atoms with E-state index in [0.29, 0.717) is 25.3 Å². The number of hydrogen-bond donors (Lipinski definition) is 1. The molecule has 27 heavy (non-hydrogen) atoms. The first-order valence-electron chi connectivity index (χ1n) is 8.79. The maximum absolute atomic E-state index is 12.5. The molecular weight excluding hydrogens is 364 g/mol. The summed E-state index contributed by atoms with van der Waals surface area (Å²) in [6, 6.07) is 11.9. The highest BCUT2D eigenvalue weighted by atomic mass is 32.2. The first-order chi connectivity index (χ1) is 12.7. The normalized spacial score (nSPS) is 11.3. The number of ether oxygens (including phenoxy) is 1. The molecule has 0 saturated carbocycles. The number of nitrogens with zero attached hydrogens (tertiary/aromatic N) is 1. The van der Waals surface area contributed by atoms with Crippen molar-refractivity contribution in [2.75, 3.05) is 26.7 Å². The Kier molecular flexibility index (Phi) is 6.98. The van der Waals surface area contributed by atoms with Crippen LogP contribution in [-0.4, -0.2) is 46.0 Å². The van der Waals surface area contributed by atoms with Gasteiger partial charge in [0.1, 0.15) is 12.4 Å². The Hall–Kier alpha value is -2.38. The fraction of sp³-hybridized carbons (Fsp3) is 0.350. The van der Waals surface area contributed by atoms with Gasteiger partial charge in [-0.25, -0.2) is 13.1 Å². The van der Waals surface area contributed by atoms with E-state index in [1.54, 1.807) is 18.9 Å². The van der Waals surface area contributed by atoms with E-state index in [1.807, 2.05) is 26.0 Å². The Bertz CT molecular complexity index is 872. The predicted octanol–water partition coefficient (Wildman–Crippen LogP) is 2.75. The minimum atomic E-state index is -3.52. The summed E-state index contributed by atoms with van der Waals surface area (Å²) < 4.78 is 32.1. The van der Waals surface area contributed by atoms with Crippen molar-refractivity contribution >= 4 is 15.9 Å². The molecule has 0 bridgehead atoms. The summed E-state index contributed by atoms with van der Waals surface area (Å²) in [5.74, 6) is 0.595. The number of amides is 1. The molecule has 0 atom stereocenters. The second-order valence-corrected chi connectivity index (χ2v) is 8.19. The van der Waals surface area contributed by atoms with Gasteiger partial charge in [0.2, 0.25) is 10.0 Å². The third-order valence-electron chi connectivity index (χ3n) is 3.98. The number of nitrogens with one attached hydrogen (secondary N) is 1. The van der Waals surface area contributed by atoms with E-state index in [0.717, 1.165) is 16.9 Å². The van der Waals surface area contributed by atoms with Crippen molar-refractivity contribution in [3.63, 3.8) is 0 Å². The van der Waals surface area contributed by atoms with Gasteiger partial charge in [-0.15, -0.1) is 0 Å². The summed E-state index contributed by atoms with van der Waals surface area (Å²) in [5, 5.41) is 0. The van der Waals surface area contributed by atoms with E-state index in [1.165, 1.54) is 24.3 Å². The van der Waals surface area contributed by atoms with Crippen LogP contribution >= 0.6 is 0 Å². The van der Waals surface area contributed by atoms with Crippen LogP contribution in [0.5, 0.6) is 5.75 Å². The molecule has 0 heterocycles. The number of aryl methyl sites for hydroxylation is 2. The monoisotopic (exact) mass is 390 g/mol. The lowest BCUT2D eigenvalue weighted by Crippen LogP contribution is -2.31. The molecule has 0 spiro atoms. The van der Waals surface area contributed by atoms with Crippen LogP contribution < -0.4 is 9.46 Å². The SMILES string of the molecule is CCNS(=O)(=O)c1ccc(C(=O)N(C)CCOc2cc(C)cc(C)c2)cc1. The number of rotatable bonds is 8. The number of carbonyl (C=O) groups excluding carboxylic acids is 1. The second kappa shape index (κ2) is 9.01. The fourth-order valence-corrected chi connectivity index (χ4v) is 3.73. The van der Waals surface area contributed by atoms with Crippen LogP contribution in [0.2, 0.25) is 0 Å². The molecule has 0 unspecified atom stereocenters. The summed E-state index contributed by atoms with van der Waals surface area (Å²) in [7, 11) is -1.83. The third-order valence-corrected chi connectivity index (χ3v) is 5.54. The molecule has 0 saturated heterocycles. The minimum absolute atomic E-state index is 0.140. The van der Waals surface area contributed by atoms with E-state index in [-0.39, 0.29) is 10.8 Å². The molecule has 0 aromatic heterocycles. The fourth-order valence-electron chi connectivity index (χ4n) is 2.69. The number of sulfonamides is 1. The molecule has 0 aliphatic rings. The van der Waals surface area contributed by atoms with Crippen LogP contribution in [0.15, 0.2) is 47.4 Å². The Balaban J connectivity index is 1.94. The van der Waals surface area contributed by atoms with Crippen LogP contribution in [0.4, 0.5) is 0 Å². The van der Waals surface area contributed by atoms with E-state index in [4.69, 9.17) is 4.74 Å². The zero-order chi connectivity index (χ0) is 20.0. The molecule has 7 heteroatoms. The van der Waals surface area contributed by atoms with Crippen LogP contribution in [0.25, 0.3) is 0 Å². The lowest BCUT2D eigenvalue weighted by Gasteiger charge is -2.18. The number of hydrogen-bond acceptors (Lipinski definition) is 4. The average molecular weight is 391 g/mol. The highest BCUT2D eigenvalue weighted by Gasteiger charge is 2.15. The van der Waals surface area contributed by atoms with Crippen molar-refractivity contribution in [3.8, 4) is 5.75 Å². The van der Waals surface area contributed by atoms with Gasteiger partial charge in [0, 0.05) is 19.2 Å². The Morgan fingerprint density at radius 1 is 1.07 bits per heavy atom. The van der Waals surface area contributed by atoms with Gasteiger partial charge in [0.15, 0.2) is 0 Å². The van der Waals surface area contributed by atoms with Crippen molar-refractivity contribution in [3.05, 3.63) is 59.2 Å². The highest BCUT2D eigenvalue weighted by molar-refractivity contribution is 7.89. The average Bonchev–Trinajstić information content (AvgIpc) is 2.60. The highest BCUT2D eigenvalue weighted by Crippen LogP contribution is 2.16. The molecule has 2 rings (SSSR count). The molecule has 6 nitrogen and oxygen atoms in total. The minimum Gasteiger partial charge on any atom is -0.492 e. The van der Waals surface area contributed by atoms with E-state index >= 15 is 0 Å². The van der Waals surface area contributed by atoms with Gasteiger partial charge in [0.05, 0.1) is 11.4 Å². The quantitative estimate of drug-likeness (QED) is 0.752. The van der Waals surface area contributed by atoms with Gasteiger partial charge < -0.3 is 9.64 Å². The summed E-state index contributed by atoms with van der Waals surface area (Å²) >= 11 is 0. The molecule has 0 aliphatic heterocycles. The van der Waals surface area contributed by atoms with Gasteiger partial charge in [0.25, 0.3) is 5.91 Å². The van der Waals surface area contributed by atoms with Crippen LogP contribution in [0.1, 0.15) is 28.4 Å². The smallest absolute Gasteiger partial charge is 0.253 e. The van der Waals surface area contributed by atoms with Gasteiger partial charge in [-0.1, -0.05) is 13.0 Å². The second-order valence-electron chi connectivity index (χ2n) is 6.42. The predicted molar refractivity (Wildman–Crippen MR) is 106 cm³/mol. The third kappa shape index (κ3) is 5.80. The summed E-state index contributed by atoms with van der Waals surface area (Å²) in [5.41, 5.74) is 2.68. The summed E-state index contributed by atoms with van der Waals surface area (Å²) in [6.45, 7) is 6.84. The van der Waals surface area contributed by atoms with Crippen molar-refractivity contribution in [1.29, 1.82) is 0 Å². The summed E-state index contributed by atoms with van der Waals surface area (Å²) in [6.07, 6.45) is 0. The van der Waals surface area contributed by atoms with Crippen molar-refractivity contribution in [1.82, 2.24) is 9.62 Å². The van der Waals surface area contributed by atoms with Gasteiger partial charge in [-0.05, 0) is 61.4 Å². The number of likely N-dealkylation sites (N-methyl/N-ethyl adjacent to an activating group) is 1. The molecule has 1 N–H and O–H groups in total. The lowest BCUT2D eigenvalue weighted by atomic mass is 10.1. The van der Waals surface area contributed by atoms with E-state index in [9.17, 15) is 13.2 Å². The zero-order valence-electron chi connectivity index (χ0n) is 16.2. The maximum Gasteiger partial charge on any atom is 0.253 e. The molecule has 0 fully saturated rings. The van der Waals surface area contributed by atoms with Crippen LogP contribution in [0, 0.1) is 13.8 Å². The van der Waals surface area contributed by atoms with Crippen LogP contribution in [-0.2, 0) is 10.0 Å². The molecule has 1 amide bonds. The van der Waals surface area contributed by atoms with Crippen molar-refractivity contribution in [2.24, 2.45) is 0 Å². The largest absolute Gasteiger partial charge is 0.492 e. The Morgan fingerprint density at radius 3 is 2.22 bits per heavy atom. The summed E-state index contributed by atoms with van der Waals surface area (Å²) in [4.78, 5) is 14.2. The van der Waals surface area contributed by atoms with Crippen molar-refractivity contribution < 1.29 is 17.9 Å². The molecule has 0 aliphatic carbocycles. The topological polar surface area (TPSA) is 75.7 Å². The number of carbonyl (C=O) groups is 1. The lowest BCUT2D eigenvalue weighted by molar-refractivity contribution is 0.0773. The van der Waals surface area contributed by atoms with Gasteiger partial charge in [-0.2, -0.15) is 0 Å². The first kappa shape index (κ1) is 20.9. The van der Waals surface area contributed by atoms with Gasteiger partial charge in [-0.3, -0.25) is 4.79 Å². The van der Waals surface area contributed by atoms with Crippen molar-refractivity contribution in [2.45, 2.75) is 25.7 Å². The van der Waals surface area contributed by atoms with Gasteiger partial charge >= 0.3 is 0 Å². The van der Waals surface area contributed by atoms with Crippen LogP contribution in [0.3, 0.4) is 0 Å². The first-order valence-corrected chi connectivity index (χ1v) is 10.3. The maximum atomic E-state index is 12.5. The molecular formula is C20H26N2O4S. The van der Waals surface area contributed by atoms with E-state index < -0.39 is 10.0 Å². The standard InChI is InChI=1S/C20H26N2O4S/c1-5-21-27(24,25)19-8-6-17(7-9-19)20(23)22(4)10-11-26-18-13-15(2)12-16(3)14-18/h6-9,12-14,21H,5,10-11H2,1-4H3. The number of benzene rings is 2. The zero-order valence-corrected chi connectivity index (χ0v) is 17.0. The van der Waals surface area contributed by atoms with E-state index in [2.05, 4.69) is 10.8 Å².